The third-order valence-corrected chi connectivity index (χ3v) is 5.05. The molecular weight excluding hydrogens is 275 g/mol. The third kappa shape index (κ3) is 5.15. The second kappa shape index (κ2) is 7.44. The van der Waals surface area contributed by atoms with Gasteiger partial charge in [-0.05, 0) is 29.2 Å². The predicted octanol–water partition coefficient (Wildman–Crippen LogP) is 5.00. The number of rotatable bonds is 6. The van der Waals surface area contributed by atoms with Crippen LogP contribution in [0.15, 0.2) is 59.5 Å². The SMILES string of the molecule is Cc1ccc(S[P+](=O)OCCc2ccccc2)cc1. The Morgan fingerprint density at radius 3 is 2.42 bits per heavy atom. The van der Waals surface area contributed by atoms with E-state index in [1.807, 2.05) is 61.5 Å². The van der Waals surface area contributed by atoms with Crippen molar-refractivity contribution in [2.75, 3.05) is 6.61 Å². The van der Waals surface area contributed by atoms with E-state index in [1.165, 1.54) is 22.5 Å². The van der Waals surface area contributed by atoms with Gasteiger partial charge in [0.2, 0.25) is 0 Å². The van der Waals surface area contributed by atoms with Crippen LogP contribution in [0.3, 0.4) is 0 Å². The maximum Gasteiger partial charge on any atom is 0.590 e. The summed E-state index contributed by atoms with van der Waals surface area (Å²) in [7, 11) is -1.70. The molecule has 98 valence electrons. The topological polar surface area (TPSA) is 26.3 Å². The van der Waals surface area contributed by atoms with Crippen molar-refractivity contribution in [2.45, 2.75) is 18.2 Å². The first-order chi connectivity index (χ1) is 9.24. The fourth-order valence-corrected chi connectivity index (χ4v) is 3.58. The van der Waals surface area contributed by atoms with Crippen molar-refractivity contribution >= 4 is 18.6 Å². The second-order valence-corrected chi connectivity index (χ2v) is 7.00. The molecular formula is C15H16O2PS+. The summed E-state index contributed by atoms with van der Waals surface area (Å²) in [5, 5.41) is 0. The summed E-state index contributed by atoms with van der Waals surface area (Å²) in [4.78, 5) is 0.978. The monoisotopic (exact) mass is 291 g/mol. The minimum Gasteiger partial charge on any atom is -0.136 e. The zero-order valence-electron chi connectivity index (χ0n) is 10.8. The lowest BCUT2D eigenvalue weighted by atomic mass is 10.2. The van der Waals surface area contributed by atoms with Gasteiger partial charge in [0.05, 0.1) is 4.90 Å². The Morgan fingerprint density at radius 2 is 1.74 bits per heavy atom. The Hall–Kier alpha value is -1.15. The normalized spacial score (nSPS) is 11.3. The summed E-state index contributed by atoms with van der Waals surface area (Å²) in [6.07, 6.45) is 0.788. The lowest BCUT2D eigenvalue weighted by molar-refractivity contribution is 0.343. The molecule has 2 nitrogen and oxygen atoms in total. The zero-order valence-corrected chi connectivity index (χ0v) is 12.5. The van der Waals surface area contributed by atoms with Crippen LogP contribution in [0, 0.1) is 6.92 Å². The first-order valence-corrected chi connectivity index (χ1v) is 8.73. The summed E-state index contributed by atoms with van der Waals surface area (Å²) in [6, 6.07) is 18.0. The highest BCUT2D eigenvalue weighted by Gasteiger charge is 2.21. The standard InChI is InChI=1S/C15H16O2PS/c1-13-7-9-15(10-8-13)19-18(16)17-12-11-14-5-3-2-4-6-14/h2-10H,11-12H2,1H3/q+1. The van der Waals surface area contributed by atoms with Crippen molar-refractivity contribution in [2.24, 2.45) is 0 Å². The van der Waals surface area contributed by atoms with Gasteiger partial charge in [0.25, 0.3) is 0 Å². The Labute approximate surface area is 118 Å². The molecule has 0 aromatic heterocycles. The maximum absolute atomic E-state index is 11.8. The van der Waals surface area contributed by atoms with Gasteiger partial charge in [-0.2, -0.15) is 0 Å². The highest BCUT2D eigenvalue weighted by Crippen LogP contribution is 2.44. The average Bonchev–Trinajstić information content (AvgIpc) is 2.43. The Kier molecular flexibility index (Phi) is 5.59. The largest absolute Gasteiger partial charge is 0.590 e. The smallest absolute Gasteiger partial charge is 0.136 e. The summed E-state index contributed by atoms with van der Waals surface area (Å²) in [5.41, 5.74) is 2.40. The molecule has 19 heavy (non-hydrogen) atoms. The predicted molar refractivity (Wildman–Crippen MR) is 80.7 cm³/mol. The minimum absolute atomic E-state index is 0.484. The van der Waals surface area contributed by atoms with Crippen molar-refractivity contribution in [3.63, 3.8) is 0 Å². The van der Waals surface area contributed by atoms with Gasteiger partial charge in [-0.15, -0.1) is 4.52 Å². The van der Waals surface area contributed by atoms with Gasteiger partial charge in [-0.25, -0.2) is 0 Å². The van der Waals surface area contributed by atoms with Crippen LogP contribution in [0.1, 0.15) is 11.1 Å². The zero-order chi connectivity index (χ0) is 13.5. The highest BCUT2D eigenvalue weighted by molar-refractivity contribution is 8.50. The average molecular weight is 291 g/mol. The van der Waals surface area contributed by atoms with Crippen molar-refractivity contribution in [3.8, 4) is 0 Å². The molecule has 1 unspecified atom stereocenters. The Morgan fingerprint density at radius 1 is 1.05 bits per heavy atom. The van der Waals surface area contributed by atoms with Crippen molar-refractivity contribution < 1.29 is 9.09 Å². The van der Waals surface area contributed by atoms with E-state index in [2.05, 4.69) is 0 Å². The molecule has 0 aliphatic heterocycles. The molecule has 0 saturated heterocycles. The van der Waals surface area contributed by atoms with E-state index in [0.29, 0.717) is 6.61 Å². The molecule has 0 radical (unpaired) electrons. The molecule has 0 spiro atoms. The van der Waals surface area contributed by atoms with E-state index in [1.54, 1.807) is 0 Å². The van der Waals surface area contributed by atoms with Crippen LogP contribution in [0.2, 0.25) is 0 Å². The lowest BCUT2D eigenvalue weighted by Gasteiger charge is -1.96. The van der Waals surface area contributed by atoms with Crippen molar-refractivity contribution in [3.05, 3.63) is 65.7 Å². The number of benzene rings is 2. The highest BCUT2D eigenvalue weighted by atomic mass is 32.7. The van der Waals surface area contributed by atoms with Crippen molar-refractivity contribution in [1.82, 2.24) is 0 Å². The quantitative estimate of drug-likeness (QED) is 0.700. The van der Waals surface area contributed by atoms with Gasteiger partial charge < -0.3 is 0 Å². The first-order valence-electron chi connectivity index (χ1n) is 6.13. The fourth-order valence-electron chi connectivity index (χ4n) is 1.59. The van der Waals surface area contributed by atoms with Crippen LogP contribution in [0.4, 0.5) is 0 Å². The van der Waals surface area contributed by atoms with E-state index >= 15 is 0 Å². The Bertz CT molecular complexity index is 526. The van der Waals surface area contributed by atoms with Crippen LogP contribution in [0.5, 0.6) is 0 Å². The van der Waals surface area contributed by atoms with Crippen LogP contribution in [-0.4, -0.2) is 6.61 Å². The van der Waals surface area contributed by atoms with Crippen LogP contribution in [0.25, 0.3) is 0 Å². The van der Waals surface area contributed by atoms with Gasteiger partial charge in [-0.3, -0.25) is 0 Å². The second-order valence-electron chi connectivity index (χ2n) is 4.20. The van der Waals surface area contributed by atoms with Crippen LogP contribution < -0.4 is 0 Å². The fraction of sp³-hybridized carbons (Fsp3) is 0.200. The Balaban J connectivity index is 1.74. The van der Waals surface area contributed by atoms with E-state index in [9.17, 15) is 4.57 Å². The summed E-state index contributed by atoms with van der Waals surface area (Å²) in [5.74, 6) is 0. The van der Waals surface area contributed by atoms with Gasteiger partial charge in [0.1, 0.15) is 6.61 Å². The van der Waals surface area contributed by atoms with Crippen molar-refractivity contribution in [1.29, 1.82) is 0 Å². The van der Waals surface area contributed by atoms with Gasteiger partial charge >= 0.3 is 7.23 Å². The summed E-state index contributed by atoms with van der Waals surface area (Å²) < 4.78 is 17.1. The maximum atomic E-state index is 11.8. The molecule has 0 aliphatic rings. The molecule has 0 aliphatic carbocycles. The molecule has 0 fully saturated rings. The molecule has 0 bridgehead atoms. The number of hydrogen-bond acceptors (Lipinski definition) is 3. The number of aryl methyl sites for hydroxylation is 1. The molecule has 2 aromatic carbocycles. The van der Waals surface area contributed by atoms with E-state index < -0.39 is 7.23 Å². The van der Waals surface area contributed by atoms with Gasteiger partial charge in [-0.1, -0.05) is 48.0 Å². The van der Waals surface area contributed by atoms with Gasteiger partial charge in [0.15, 0.2) is 11.4 Å². The minimum atomic E-state index is -1.70. The van der Waals surface area contributed by atoms with Crippen LogP contribution >= 0.6 is 18.6 Å². The van der Waals surface area contributed by atoms with E-state index in [0.717, 1.165) is 11.3 Å². The molecule has 0 saturated carbocycles. The molecule has 1 atom stereocenters. The first kappa shape index (κ1) is 14.3. The molecule has 2 rings (SSSR count). The molecule has 0 N–H and O–H groups in total. The van der Waals surface area contributed by atoms with Crippen LogP contribution in [-0.2, 0) is 15.5 Å². The molecule has 0 amide bonds. The number of hydrogen-bond donors (Lipinski definition) is 0. The molecule has 0 heterocycles. The summed E-state index contributed by atoms with van der Waals surface area (Å²) in [6.45, 7) is 2.52. The van der Waals surface area contributed by atoms with E-state index in [4.69, 9.17) is 4.52 Å². The summed E-state index contributed by atoms with van der Waals surface area (Å²) >= 11 is 1.27. The van der Waals surface area contributed by atoms with Gasteiger partial charge in [0, 0.05) is 6.42 Å². The lowest BCUT2D eigenvalue weighted by Crippen LogP contribution is -1.91. The van der Waals surface area contributed by atoms with E-state index in [-0.39, 0.29) is 0 Å². The molecule has 4 heteroatoms. The molecule has 2 aromatic rings. The third-order valence-electron chi connectivity index (χ3n) is 2.63.